The maximum Gasteiger partial charge on any atom is 0.0109 e. The van der Waals surface area contributed by atoms with Crippen molar-refractivity contribution < 1.29 is 0 Å². The molecule has 1 saturated heterocycles. The maximum absolute atomic E-state index is 5.91. The molecule has 1 fully saturated rings. The Morgan fingerprint density at radius 1 is 1.22 bits per heavy atom. The molecule has 0 spiro atoms. The first-order valence-electron chi connectivity index (χ1n) is 7.51. The first-order chi connectivity index (χ1) is 8.40. The van der Waals surface area contributed by atoms with Gasteiger partial charge >= 0.3 is 0 Å². The fourth-order valence-electron chi connectivity index (χ4n) is 2.94. The lowest BCUT2D eigenvalue weighted by Crippen LogP contribution is -2.37. The van der Waals surface area contributed by atoms with Crippen molar-refractivity contribution in [1.82, 2.24) is 9.80 Å². The zero-order chi connectivity index (χ0) is 13.6. The van der Waals surface area contributed by atoms with Crippen molar-refractivity contribution >= 4 is 0 Å². The molecule has 0 radical (unpaired) electrons. The highest BCUT2D eigenvalue weighted by atomic mass is 15.2. The van der Waals surface area contributed by atoms with E-state index < -0.39 is 0 Å². The van der Waals surface area contributed by atoms with E-state index in [4.69, 9.17) is 5.73 Å². The molecule has 18 heavy (non-hydrogen) atoms. The molecule has 1 atom stereocenters. The van der Waals surface area contributed by atoms with E-state index in [1.54, 1.807) is 0 Å². The van der Waals surface area contributed by atoms with Gasteiger partial charge in [0.15, 0.2) is 0 Å². The lowest BCUT2D eigenvalue weighted by molar-refractivity contribution is 0.200. The molecular formula is C15H33N3. The highest BCUT2D eigenvalue weighted by Gasteiger charge is 2.19. The number of hydrogen-bond donors (Lipinski definition) is 1. The molecule has 0 saturated carbocycles. The number of rotatable bonds is 7. The lowest BCUT2D eigenvalue weighted by Gasteiger charge is -2.29. The van der Waals surface area contributed by atoms with Crippen LogP contribution in [0.15, 0.2) is 0 Å². The van der Waals surface area contributed by atoms with E-state index in [2.05, 4.69) is 37.6 Å². The van der Waals surface area contributed by atoms with Crippen LogP contribution in [0.1, 0.15) is 40.0 Å². The summed E-state index contributed by atoms with van der Waals surface area (Å²) in [4.78, 5) is 5.04. The monoisotopic (exact) mass is 255 g/mol. The number of likely N-dealkylation sites (N-methyl/N-ethyl adjacent to an activating group) is 1. The molecule has 1 aliphatic heterocycles. The second kappa shape index (κ2) is 7.46. The molecular weight excluding hydrogens is 222 g/mol. The van der Waals surface area contributed by atoms with Crippen LogP contribution in [-0.2, 0) is 0 Å². The van der Waals surface area contributed by atoms with Crippen LogP contribution in [0.3, 0.4) is 0 Å². The van der Waals surface area contributed by atoms with Crippen LogP contribution in [0.2, 0.25) is 0 Å². The Labute approximate surface area is 114 Å². The Morgan fingerprint density at radius 3 is 2.33 bits per heavy atom. The average Bonchev–Trinajstić information content (AvgIpc) is 2.76. The summed E-state index contributed by atoms with van der Waals surface area (Å²) in [5, 5.41) is 0. The number of nitrogens with zero attached hydrogens (tertiary/aromatic N) is 2. The van der Waals surface area contributed by atoms with Gasteiger partial charge in [0, 0.05) is 19.6 Å². The van der Waals surface area contributed by atoms with Gasteiger partial charge in [-0.3, -0.25) is 0 Å². The van der Waals surface area contributed by atoms with Gasteiger partial charge in [-0.2, -0.15) is 0 Å². The van der Waals surface area contributed by atoms with Crippen LogP contribution in [0.4, 0.5) is 0 Å². The largest absolute Gasteiger partial charge is 0.330 e. The molecule has 0 amide bonds. The van der Waals surface area contributed by atoms with Gasteiger partial charge < -0.3 is 15.5 Å². The van der Waals surface area contributed by atoms with Crippen LogP contribution in [0, 0.1) is 11.3 Å². The topological polar surface area (TPSA) is 32.5 Å². The Hall–Kier alpha value is -0.120. The normalized spacial score (nSPS) is 19.7. The molecule has 2 N–H and O–H groups in total. The Balaban J connectivity index is 2.21. The number of hydrogen-bond acceptors (Lipinski definition) is 3. The number of likely N-dealkylation sites (tertiary alicyclic amines) is 1. The van der Waals surface area contributed by atoms with E-state index in [1.807, 2.05) is 0 Å². The fraction of sp³-hybridized carbons (Fsp3) is 1.00. The standard InChI is InChI=1S/C15H33N3/c1-15(2,3)11-14(12-16)13-17(4)9-10-18-7-5-6-8-18/h14H,5-13,16H2,1-4H3. The summed E-state index contributed by atoms with van der Waals surface area (Å²) < 4.78 is 0. The van der Waals surface area contributed by atoms with E-state index >= 15 is 0 Å². The molecule has 0 bridgehead atoms. The second-order valence-corrected chi connectivity index (χ2v) is 7.18. The SMILES string of the molecule is CN(CCN1CCCC1)CC(CN)CC(C)(C)C. The predicted molar refractivity (Wildman–Crippen MR) is 79.8 cm³/mol. The molecule has 108 valence electrons. The summed E-state index contributed by atoms with van der Waals surface area (Å²) in [5.41, 5.74) is 6.30. The van der Waals surface area contributed by atoms with Crippen molar-refractivity contribution in [3.63, 3.8) is 0 Å². The summed E-state index contributed by atoms with van der Waals surface area (Å²) in [6.07, 6.45) is 4.00. The highest BCUT2D eigenvalue weighted by Crippen LogP contribution is 2.24. The van der Waals surface area contributed by atoms with Gasteiger partial charge in [-0.25, -0.2) is 0 Å². The molecule has 0 aromatic rings. The Kier molecular flexibility index (Phi) is 6.61. The minimum atomic E-state index is 0.389. The molecule has 1 unspecified atom stereocenters. The van der Waals surface area contributed by atoms with Crippen LogP contribution in [-0.4, -0.2) is 56.1 Å². The summed E-state index contributed by atoms with van der Waals surface area (Å²) in [6, 6.07) is 0. The van der Waals surface area contributed by atoms with Gasteiger partial charge in [0.2, 0.25) is 0 Å². The van der Waals surface area contributed by atoms with Crippen molar-refractivity contribution in [2.45, 2.75) is 40.0 Å². The molecule has 0 aliphatic carbocycles. The first kappa shape index (κ1) is 15.9. The summed E-state index contributed by atoms with van der Waals surface area (Å²) >= 11 is 0. The van der Waals surface area contributed by atoms with E-state index in [1.165, 1.54) is 45.4 Å². The van der Waals surface area contributed by atoms with Gasteiger partial charge in [0.05, 0.1) is 0 Å². The van der Waals surface area contributed by atoms with Crippen molar-refractivity contribution in [2.75, 3.05) is 46.3 Å². The van der Waals surface area contributed by atoms with Gasteiger partial charge in [0.1, 0.15) is 0 Å². The van der Waals surface area contributed by atoms with Gasteiger partial charge in [-0.05, 0) is 57.3 Å². The minimum absolute atomic E-state index is 0.389. The van der Waals surface area contributed by atoms with Gasteiger partial charge in [0.25, 0.3) is 0 Å². The van der Waals surface area contributed by atoms with Crippen LogP contribution in [0.5, 0.6) is 0 Å². The smallest absolute Gasteiger partial charge is 0.0109 e. The first-order valence-corrected chi connectivity index (χ1v) is 7.51. The third-order valence-electron chi connectivity index (χ3n) is 3.80. The van der Waals surface area contributed by atoms with Crippen LogP contribution < -0.4 is 5.73 Å². The van der Waals surface area contributed by atoms with Crippen LogP contribution in [0.25, 0.3) is 0 Å². The predicted octanol–water partition coefficient (Wildman–Crippen LogP) is 2.03. The molecule has 1 rings (SSSR count). The molecule has 3 nitrogen and oxygen atoms in total. The fourth-order valence-corrected chi connectivity index (χ4v) is 2.94. The average molecular weight is 255 g/mol. The summed E-state index contributed by atoms with van der Waals surface area (Å²) in [5.74, 6) is 0.633. The van der Waals surface area contributed by atoms with Crippen molar-refractivity contribution in [3.8, 4) is 0 Å². The molecule has 0 aromatic carbocycles. The molecule has 0 aromatic heterocycles. The summed E-state index contributed by atoms with van der Waals surface area (Å²) in [6.45, 7) is 13.9. The van der Waals surface area contributed by atoms with Crippen molar-refractivity contribution in [2.24, 2.45) is 17.1 Å². The zero-order valence-electron chi connectivity index (χ0n) is 12.9. The van der Waals surface area contributed by atoms with Crippen molar-refractivity contribution in [1.29, 1.82) is 0 Å². The molecule has 1 heterocycles. The van der Waals surface area contributed by atoms with E-state index in [9.17, 15) is 0 Å². The minimum Gasteiger partial charge on any atom is -0.330 e. The Morgan fingerprint density at radius 2 is 1.83 bits per heavy atom. The molecule has 3 heteroatoms. The van der Waals surface area contributed by atoms with Crippen molar-refractivity contribution in [3.05, 3.63) is 0 Å². The number of nitrogens with two attached hydrogens (primary N) is 1. The summed E-state index contributed by atoms with van der Waals surface area (Å²) in [7, 11) is 2.24. The second-order valence-electron chi connectivity index (χ2n) is 7.18. The highest BCUT2D eigenvalue weighted by molar-refractivity contribution is 4.74. The van der Waals surface area contributed by atoms with Gasteiger partial charge in [-0.1, -0.05) is 20.8 Å². The third kappa shape index (κ3) is 6.72. The van der Waals surface area contributed by atoms with E-state index in [0.717, 1.165) is 13.1 Å². The van der Waals surface area contributed by atoms with Gasteiger partial charge in [-0.15, -0.1) is 0 Å². The lowest BCUT2D eigenvalue weighted by atomic mass is 9.84. The quantitative estimate of drug-likeness (QED) is 0.755. The van der Waals surface area contributed by atoms with E-state index in [-0.39, 0.29) is 0 Å². The van der Waals surface area contributed by atoms with Crippen LogP contribution >= 0.6 is 0 Å². The van der Waals surface area contributed by atoms with E-state index in [0.29, 0.717) is 11.3 Å². The zero-order valence-corrected chi connectivity index (χ0v) is 12.9. The third-order valence-corrected chi connectivity index (χ3v) is 3.80. The molecule has 1 aliphatic rings. The maximum atomic E-state index is 5.91. The Bertz CT molecular complexity index is 216.